The van der Waals surface area contributed by atoms with Gasteiger partial charge >= 0.3 is 0 Å². The molecule has 1 amide bonds. The van der Waals surface area contributed by atoms with E-state index in [0.29, 0.717) is 12.5 Å². The van der Waals surface area contributed by atoms with Crippen molar-refractivity contribution in [2.45, 2.75) is 38.8 Å². The molecule has 3 N–H and O–H groups in total. The molecule has 2 rings (SSSR count). The lowest BCUT2D eigenvalue weighted by atomic mass is 10.1. The van der Waals surface area contributed by atoms with Gasteiger partial charge in [-0.05, 0) is 36.8 Å². The van der Waals surface area contributed by atoms with Crippen molar-refractivity contribution in [1.82, 2.24) is 10.3 Å². The van der Waals surface area contributed by atoms with Crippen molar-refractivity contribution in [3.05, 3.63) is 21.9 Å². The van der Waals surface area contributed by atoms with Crippen LogP contribution in [0.1, 0.15) is 30.2 Å². The number of fused-ring (bicyclic) bond motifs is 1. The second kappa shape index (κ2) is 5.62. The van der Waals surface area contributed by atoms with Crippen LogP contribution in [0.3, 0.4) is 0 Å². The molecule has 0 spiro atoms. The summed E-state index contributed by atoms with van der Waals surface area (Å²) in [5.41, 5.74) is 3.63. The lowest BCUT2D eigenvalue weighted by Crippen LogP contribution is -2.38. The van der Waals surface area contributed by atoms with Crippen molar-refractivity contribution in [2.24, 2.45) is 5.84 Å². The standard InChI is InChI=1S/C12H19N3OS/c1-9(2-3-12(16)14-13)15-6-4-11-10(8-15)5-7-17-11/h5,7,9H,2-4,6,8,13H2,1H3,(H,14,16). The zero-order valence-electron chi connectivity index (χ0n) is 10.1. The van der Waals surface area contributed by atoms with E-state index in [9.17, 15) is 4.79 Å². The summed E-state index contributed by atoms with van der Waals surface area (Å²) in [7, 11) is 0. The summed E-state index contributed by atoms with van der Waals surface area (Å²) < 4.78 is 0. The van der Waals surface area contributed by atoms with Crippen LogP contribution in [0.5, 0.6) is 0 Å². The first kappa shape index (κ1) is 12.5. The Hall–Kier alpha value is -0.910. The molecular weight excluding hydrogens is 234 g/mol. The van der Waals surface area contributed by atoms with Crippen LogP contribution in [-0.4, -0.2) is 23.4 Å². The molecule has 0 radical (unpaired) electrons. The molecule has 1 aromatic heterocycles. The Balaban J connectivity index is 1.85. The van der Waals surface area contributed by atoms with E-state index in [-0.39, 0.29) is 5.91 Å². The topological polar surface area (TPSA) is 58.4 Å². The second-order valence-corrected chi connectivity index (χ2v) is 5.55. The van der Waals surface area contributed by atoms with Gasteiger partial charge in [0.2, 0.25) is 5.91 Å². The molecule has 1 aliphatic heterocycles. The predicted molar refractivity (Wildman–Crippen MR) is 69.5 cm³/mol. The van der Waals surface area contributed by atoms with Gasteiger partial charge < -0.3 is 0 Å². The summed E-state index contributed by atoms with van der Waals surface area (Å²) in [4.78, 5) is 15.1. The lowest BCUT2D eigenvalue weighted by Gasteiger charge is -2.32. The van der Waals surface area contributed by atoms with Crippen molar-refractivity contribution in [3.63, 3.8) is 0 Å². The minimum atomic E-state index is -0.0786. The fraction of sp³-hybridized carbons (Fsp3) is 0.583. The third-order valence-electron chi connectivity index (χ3n) is 3.41. The molecule has 0 saturated heterocycles. The minimum Gasteiger partial charge on any atom is -0.296 e. The molecule has 4 nitrogen and oxygen atoms in total. The molecule has 0 fully saturated rings. The summed E-state index contributed by atoms with van der Waals surface area (Å²) in [6.45, 7) is 4.30. The maximum atomic E-state index is 11.1. The van der Waals surface area contributed by atoms with Crippen molar-refractivity contribution >= 4 is 17.2 Å². The fourth-order valence-corrected chi connectivity index (χ4v) is 3.13. The number of carbonyl (C=O) groups excluding carboxylic acids is 1. The maximum absolute atomic E-state index is 11.1. The summed E-state index contributed by atoms with van der Waals surface area (Å²) >= 11 is 1.85. The number of nitrogens with one attached hydrogen (secondary N) is 1. The molecule has 0 bridgehead atoms. The van der Waals surface area contributed by atoms with Gasteiger partial charge in [0.05, 0.1) is 0 Å². The van der Waals surface area contributed by atoms with Gasteiger partial charge in [-0.15, -0.1) is 11.3 Å². The summed E-state index contributed by atoms with van der Waals surface area (Å²) in [5, 5.41) is 2.17. The monoisotopic (exact) mass is 253 g/mol. The quantitative estimate of drug-likeness (QED) is 0.482. The van der Waals surface area contributed by atoms with Crippen molar-refractivity contribution in [2.75, 3.05) is 6.54 Å². The highest BCUT2D eigenvalue weighted by atomic mass is 32.1. The van der Waals surface area contributed by atoms with E-state index in [1.54, 1.807) is 0 Å². The van der Waals surface area contributed by atoms with Gasteiger partial charge in [0.25, 0.3) is 0 Å². The first-order chi connectivity index (χ1) is 8.20. The van der Waals surface area contributed by atoms with E-state index in [4.69, 9.17) is 5.84 Å². The van der Waals surface area contributed by atoms with Crippen LogP contribution in [0, 0.1) is 0 Å². The lowest BCUT2D eigenvalue weighted by molar-refractivity contribution is -0.121. The predicted octanol–water partition coefficient (Wildman–Crippen LogP) is 1.26. The van der Waals surface area contributed by atoms with Crippen LogP contribution in [0.25, 0.3) is 0 Å². The molecule has 5 heteroatoms. The normalized spacial score (nSPS) is 17.5. The Bertz CT molecular complexity index is 391. The first-order valence-electron chi connectivity index (χ1n) is 5.99. The Morgan fingerprint density at radius 2 is 2.53 bits per heavy atom. The summed E-state index contributed by atoms with van der Waals surface area (Å²) in [6.07, 6.45) is 2.51. The number of nitrogens with zero attached hydrogens (tertiary/aromatic N) is 1. The smallest absolute Gasteiger partial charge is 0.233 e. The minimum absolute atomic E-state index is 0.0786. The Kier molecular flexibility index (Phi) is 4.15. The highest BCUT2D eigenvalue weighted by Crippen LogP contribution is 2.25. The highest BCUT2D eigenvalue weighted by Gasteiger charge is 2.21. The SMILES string of the molecule is CC(CCC(=O)NN)N1CCc2sccc2C1. The van der Waals surface area contributed by atoms with Crippen molar-refractivity contribution < 1.29 is 4.79 Å². The maximum Gasteiger partial charge on any atom is 0.233 e. The number of thiophene rings is 1. The number of amides is 1. The van der Waals surface area contributed by atoms with E-state index in [0.717, 1.165) is 25.9 Å². The second-order valence-electron chi connectivity index (χ2n) is 4.54. The number of carbonyl (C=O) groups is 1. The molecule has 1 aliphatic rings. The molecule has 0 aliphatic carbocycles. The number of hydrogen-bond donors (Lipinski definition) is 2. The number of nitrogens with two attached hydrogens (primary N) is 1. The van der Waals surface area contributed by atoms with Crippen LogP contribution >= 0.6 is 11.3 Å². The molecule has 17 heavy (non-hydrogen) atoms. The van der Waals surface area contributed by atoms with Crippen LogP contribution in [0.15, 0.2) is 11.4 Å². The molecule has 2 heterocycles. The number of hydrogen-bond acceptors (Lipinski definition) is 4. The van der Waals surface area contributed by atoms with Gasteiger partial charge in [0.15, 0.2) is 0 Å². The zero-order chi connectivity index (χ0) is 12.3. The molecule has 94 valence electrons. The van der Waals surface area contributed by atoms with E-state index in [1.165, 1.54) is 10.4 Å². The Morgan fingerprint density at radius 3 is 3.29 bits per heavy atom. The molecule has 0 aromatic carbocycles. The number of rotatable bonds is 4. The van der Waals surface area contributed by atoms with Crippen molar-refractivity contribution in [1.29, 1.82) is 0 Å². The average molecular weight is 253 g/mol. The fourth-order valence-electron chi connectivity index (χ4n) is 2.24. The van der Waals surface area contributed by atoms with E-state index in [2.05, 4.69) is 28.7 Å². The third kappa shape index (κ3) is 3.06. The van der Waals surface area contributed by atoms with Crippen LogP contribution < -0.4 is 11.3 Å². The molecule has 1 aromatic rings. The molecule has 1 unspecified atom stereocenters. The van der Waals surface area contributed by atoms with E-state index in [1.807, 2.05) is 11.3 Å². The van der Waals surface area contributed by atoms with Gasteiger partial charge in [-0.2, -0.15) is 0 Å². The van der Waals surface area contributed by atoms with E-state index < -0.39 is 0 Å². The van der Waals surface area contributed by atoms with Crippen LogP contribution in [0.4, 0.5) is 0 Å². The molecular formula is C12H19N3OS. The largest absolute Gasteiger partial charge is 0.296 e. The highest BCUT2D eigenvalue weighted by molar-refractivity contribution is 7.10. The summed E-state index contributed by atoms with van der Waals surface area (Å²) in [6, 6.07) is 2.64. The average Bonchev–Trinajstić information content (AvgIpc) is 2.82. The van der Waals surface area contributed by atoms with Gasteiger partial charge in [0.1, 0.15) is 0 Å². The van der Waals surface area contributed by atoms with Gasteiger partial charge in [-0.1, -0.05) is 0 Å². The van der Waals surface area contributed by atoms with Crippen molar-refractivity contribution in [3.8, 4) is 0 Å². The van der Waals surface area contributed by atoms with Gasteiger partial charge in [-0.3, -0.25) is 15.1 Å². The van der Waals surface area contributed by atoms with Crippen LogP contribution in [-0.2, 0) is 17.8 Å². The first-order valence-corrected chi connectivity index (χ1v) is 6.87. The Morgan fingerprint density at radius 1 is 1.71 bits per heavy atom. The molecule has 0 saturated carbocycles. The Labute approximate surface area is 106 Å². The molecule has 1 atom stereocenters. The van der Waals surface area contributed by atoms with Gasteiger partial charge in [0, 0.05) is 30.4 Å². The number of hydrazine groups is 1. The summed E-state index contributed by atoms with van der Waals surface area (Å²) in [5.74, 6) is 5.00. The third-order valence-corrected chi connectivity index (χ3v) is 4.43. The van der Waals surface area contributed by atoms with Crippen LogP contribution in [0.2, 0.25) is 0 Å². The zero-order valence-corrected chi connectivity index (χ0v) is 10.9. The van der Waals surface area contributed by atoms with E-state index >= 15 is 0 Å². The van der Waals surface area contributed by atoms with Gasteiger partial charge in [-0.25, -0.2) is 5.84 Å².